The van der Waals surface area contributed by atoms with Crippen LogP contribution in [-0.2, 0) is 11.3 Å². The van der Waals surface area contributed by atoms with Crippen molar-refractivity contribution in [2.45, 2.75) is 19.6 Å². The number of pyridine rings is 1. The normalized spacial score (nSPS) is 11.7. The number of aromatic nitrogens is 1. The van der Waals surface area contributed by atoms with Crippen molar-refractivity contribution >= 4 is 12.2 Å². The molecule has 1 amide bonds. The number of nitrogens with one attached hydrogen (secondary N) is 1. The molecule has 6 nitrogen and oxygen atoms in total. The van der Waals surface area contributed by atoms with Crippen molar-refractivity contribution < 1.29 is 18.7 Å². The maximum Gasteiger partial charge on any atom is 0.261 e. The molecule has 1 N–H and O–H groups in total. The van der Waals surface area contributed by atoms with Crippen LogP contribution in [-0.4, -0.2) is 23.3 Å². The van der Waals surface area contributed by atoms with Gasteiger partial charge in [0.2, 0.25) is 0 Å². The summed E-state index contributed by atoms with van der Waals surface area (Å²) in [4.78, 5) is 26.1. The number of rotatable bonds is 6. The van der Waals surface area contributed by atoms with E-state index in [4.69, 9.17) is 9.15 Å². The summed E-state index contributed by atoms with van der Waals surface area (Å²) in [7, 11) is 0. The van der Waals surface area contributed by atoms with Gasteiger partial charge in [0.15, 0.2) is 12.4 Å². The molecule has 0 saturated carbocycles. The molecule has 104 valence electrons. The van der Waals surface area contributed by atoms with Crippen LogP contribution < -0.4 is 10.1 Å². The van der Waals surface area contributed by atoms with E-state index < -0.39 is 6.10 Å². The van der Waals surface area contributed by atoms with Crippen LogP contribution >= 0.6 is 0 Å². The summed E-state index contributed by atoms with van der Waals surface area (Å²) in [5, 5.41) is 2.69. The minimum Gasteiger partial charge on any atom is -0.479 e. The molecule has 1 atom stereocenters. The van der Waals surface area contributed by atoms with Crippen molar-refractivity contribution in [2.75, 3.05) is 0 Å². The van der Waals surface area contributed by atoms with Gasteiger partial charge in [-0.05, 0) is 31.2 Å². The van der Waals surface area contributed by atoms with E-state index in [-0.39, 0.29) is 5.91 Å². The van der Waals surface area contributed by atoms with Gasteiger partial charge in [-0.25, -0.2) is 4.98 Å². The number of furan rings is 1. The molecule has 0 aliphatic rings. The summed E-state index contributed by atoms with van der Waals surface area (Å²) in [6.45, 7) is 1.94. The minimum absolute atomic E-state index is 0.263. The highest BCUT2D eigenvalue weighted by molar-refractivity contribution is 5.80. The highest BCUT2D eigenvalue weighted by Gasteiger charge is 2.14. The molecule has 0 aliphatic heterocycles. The molecule has 6 heteroatoms. The lowest BCUT2D eigenvalue weighted by Crippen LogP contribution is -2.35. The molecular formula is C14H14N2O4. The predicted molar refractivity (Wildman–Crippen MR) is 70.3 cm³/mol. The zero-order chi connectivity index (χ0) is 14.4. The third-order valence-corrected chi connectivity index (χ3v) is 2.58. The van der Waals surface area contributed by atoms with Crippen LogP contribution in [0.25, 0.3) is 0 Å². The van der Waals surface area contributed by atoms with E-state index in [0.29, 0.717) is 30.0 Å². The lowest BCUT2D eigenvalue weighted by atomic mass is 10.3. The van der Waals surface area contributed by atoms with Crippen molar-refractivity contribution in [1.82, 2.24) is 10.3 Å². The minimum atomic E-state index is -0.672. The SMILES string of the molecule is CC(Oc1ccc(C=O)nc1)C(=O)NCc1ccco1. The largest absolute Gasteiger partial charge is 0.479 e. The lowest BCUT2D eigenvalue weighted by molar-refractivity contribution is -0.127. The van der Waals surface area contributed by atoms with Crippen molar-refractivity contribution in [3.8, 4) is 5.75 Å². The molecule has 20 heavy (non-hydrogen) atoms. The van der Waals surface area contributed by atoms with E-state index in [9.17, 15) is 9.59 Å². The van der Waals surface area contributed by atoms with Crippen LogP contribution in [0.15, 0.2) is 41.1 Å². The Balaban J connectivity index is 1.84. The third kappa shape index (κ3) is 3.68. The number of carbonyl (C=O) groups excluding carboxylic acids is 2. The fourth-order valence-electron chi connectivity index (χ4n) is 1.52. The highest BCUT2D eigenvalue weighted by Crippen LogP contribution is 2.10. The molecule has 2 heterocycles. The first kappa shape index (κ1) is 13.8. The van der Waals surface area contributed by atoms with Crippen molar-refractivity contribution in [1.29, 1.82) is 0 Å². The van der Waals surface area contributed by atoms with Crippen LogP contribution in [0.4, 0.5) is 0 Å². The lowest BCUT2D eigenvalue weighted by Gasteiger charge is -2.13. The Bertz CT molecular complexity index is 563. The van der Waals surface area contributed by atoms with Gasteiger partial charge in [0.25, 0.3) is 5.91 Å². The average Bonchev–Trinajstić information content (AvgIpc) is 2.98. The second-order valence-corrected chi connectivity index (χ2v) is 4.09. The Hall–Kier alpha value is -2.63. The van der Waals surface area contributed by atoms with Gasteiger partial charge in [-0.2, -0.15) is 0 Å². The number of nitrogens with zero attached hydrogens (tertiary/aromatic N) is 1. The monoisotopic (exact) mass is 274 g/mol. The van der Waals surface area contributed by atoms with Gasteiger partial charge in [0.05, 0.1) is 19.0 Å². The summed E-state index contributed by atoms with van der Waals surface area (Å²) >= 11 is 0. The van der Waals surface area contributed by atoms with Gasteiger partial charge in [0, 0.05) is 0 Å². The fourth-order valence-corrected chi connectivity index (χ4v) is 1.52. The second kappa shape index (κ2) is 6.51. The van der Waals surface area contributed by atoms with Crippen LogP contribution in [0.2, 0.25) is 0 Å². The van der Waals surface area contributed by atoms with Gasteiger partial charge < -0.3 is 14.5 Å². The molecule has 0 fully saturated rings. The molecule has 2 aromatic heterocycles. The molecule has 0 bridgehead atoms. The fraction of sp³-hybridized carbons (Fsp3) is 0.214. The molecule has 2 rings (SSSR count). The first-order valence-electron chi connectivity index (χ1n) is 6.07. The van der Waals surface area contributed by atoms with Crippen molar-refractivity contribution in [3.05, 3.63) is 48.2 Å². The highest BCUT2D eigenvalue weighted by atomic mass is 16.5. The quantitative estimate of drug-likeness (QED) is 0.809. The van der Waals surface area contributed by atoms with Gasteiger partial charge >= 0.3 is 0 Å². The van der Waals surface area contributed by atoms with E-state index in [2.05, 4.69) is 10.3 Å². The first-order valence-corrected chi connectivity index (χ1v) is 6.07. The average molecular weight is 274 g/mol. The van der Waals surface area contributed by atoms with Crippen molar-refractivity contribution in [3.63, 3.8) is 0 Å². The Kier molecular flexibility index (Phi) is 4.49. The van der Waals surface area contributed by atoms with E-state index in [1.807, 2.05) is 0 Å². The number of ether oxygens (including phenoxy) is 1. The molecule has 0 saturated heterocycles. The summed E-state index contributed by atoms with van der Waals surface area (Å²) in [5.41, 5.74) is 0.312. The van der Waals surface area contributed by atoms with E-state index >= 15 is 0 Å². The zero-order valence-electron chi connectivity index (χ0n) is 10.9. The van der Waals surface area contributed by atoms with Gasteiger partial charge in [-0.3, -0.25) is 9.59 Å². The summed E-state index contributed by atoms with van der Waals surface area (Å²) in [6.07, 6.45) is 2.92. The van der Waals surface area contributed by atoms with Gasteiger partial charge in [-0.1, -0.05) is 0 Å². The Morgan fingerprint density at radius 3 is 2.95 bits per heavy atom. The standard InChI is InChI=1S/C14H14N2O4/c1-10(14(18)16-7-12-3-2-6-19-12)20-13-5-4-11(9-17)15-8-13/h2-6,8-10H,7H2,1H3,(H,16,18). The molecule has 1 unspecified atom stereocenters. The summed E-state index contributed by atoms with van der Waals surface area (Å²) in [5.74, 6) is 0.833. The van der Waals surface area contributed by atoms with E-state index in [1.54, 1.807) is 31.4 Å². The number of hydrogen-bond acceptors (Lipinski definition) is 5. The predicted octanol–water partition coefficient (Wildman–Crippen LogP) is 1.57. The van der Waals surface area contributed by atoms with Crippen molar-refractivity contribution in [2.24, 2.45) is 0 Å². The van der Waals surface area contributed by atoms with Crippen LogP contribution in [0.3, 0.4) is 0 Å². The Morgan fingerprint density at radius 1 is 1.50 bits per heavy atom. The first-order chi connectivity index (χ1) is 9.69. The molecule has 0 spiro atoms. The number of carbonyl (C=O) groups is 2. The van der Waals surface area contributed by atoms with E-state index in [1.165, 1.54) is 12.3 Å². The maximum atomic E-state index is 11.8. The number of hydrogen-bond donors (Lipinski definition) is 1. The summed E-state index contributed by atoms with van der Waals surface area (Å²) in [6, 6.07) is 6.64. The Morgan fingerprint density at radius 2 is 2.35 bits per heavy atom. The molecule has 0 aromatic carbocycles. The topological polar surface area (TPSA) is 81.4 Å². The number of amides is 1. The maximum absolute atomic E-state index is 11.8. The summed E-state index contributed by atoms with van der Waals surface area (Å²) < 4.78 is 10.5. The Labute approximate surface area is 115 Å². The van der Waals surface area contributed by atoms with Crippen LogP contribution in [0.1, 0.15) is 23.2 Å². The number of aldehydes is 1. The van der Waals surface area contributed by atoms with Crippen LogP contribution in [0.5, 0.6) is 5.75 Å². The molecule has 0 aliphatic carbocycles. The molecular weight excluding hydrogens is 260 g/mol. The second-order valence-electron chi connectivity index (χ2n) is 4.09. The third-order valence-electron chi connectivity index (χ3n) is 2.58. The van der Waals surface area contributed by atoms with Crippen LogP contribution in [0, 0.1) is 0 Å². The van der Waals surface area contributed by atoms with Gasteiger partial charge in [-0.15, -0.1) is 0 Å². The smallest absolute Gasteiger partial charge is 0.261 e. The van der Waals surface area contributed by atoms with Gasteiger partial charge in [0.1, 0.15) is 17.2 Å². The molecule has 0 radical (unpaired) electrons. The van der Waals surface area contributed by atoms with E-state index in [0.717, 1.165) is 0 Å². The zero-order valence-corrected chi connectivity index (χ0v) is 10.9. The molecule has 2 aromatic rings.